The van der Waals surface area contributed by atoms with Crippen LogP contribution >= 0.6 is 0 Å². The molecule has 2 aromatic heterocycles. The van der Waals surface area contributed by atoms with Crippen LogP contribution in [0.2, 0.25) is 0 Å². The van der Waals surface area contributed by atoms with Crippen LogP contribution in [0.3, 0.4) is 0 Å². The molecule has 68 valence electrons. The minimum atomic E-state index is -1.27. The molecule has 0 radical (unpaired) electrons. The van der Waals surface area contributed by atoms with E-state index in [0.29, 0.717) is 5.82 Å². The van der Waals surface area contributed by atoms with Crippen LogP contribution in [0.15, 0.2) is 4.79 Å². The van der Waals surface area contributed by atoms with E-state index in [9.17, 15) is 9.18 Å². The molecule has 0 fully saturated rings. The van der Waals surface area contributed by atoms with Crippen molar-refractivity contribution in [1.29, 1.82) is 0 Å². The molecule has 0 unspecified atom stereocenters. The third-order valence-electron chi connectivity index (χ3n) is 1.53. The first kappa shape index (κ1) is 7.71. The second-order valence-corrected chi connectivity index (χ2v) is 2.49. The van der Waals surface area contributed by atoms with Crippen LogP contribution in [0.25, 0.3) is 5.78 Å². The first-order valence-electron chi connectivity index (χ1n) is 3.43. The van der Waals surface area contributed by atoms with Crippen molar-refractivity contribution in [2.75, 3.05) is 0 Å². The van der Waals surface area contributed by atoms with Crippen LogP contribution in [0.5, 0.6) is 5.88 Å². The monoisotopic (exact) mass is 184 g/mol. The lowest BCUT2D eigenvalue weighted by Gasteiger charge is -1.95. The van der Waals surface area contributed by atoms with Gasteiger partial charge in [-0.1, -0.05) is 0 Å². The number of aromatic hydroxyl groups is 1. The molecule has 13 heavy (non-hydrogen) atoms. The molecule has 2 aromatic rings. The lowest BCUT2D eigenvalue weighted by atomic mass is 10.6. The molecular formula is C6H5FN4O2. The summed E-state index contributed by atoms with van der Waals surface area (Å²) in [5.41, 5.74) is -1.02. The molecule has 0 amide bonds. The maximum Gasteiger partial charge on any atom is 0.292 e. The molecule has 7 heteroatoms. The fourth-order valence-corrected chi connectivity index (χ4v) is 0.995. The maximum absolute atomic E-state index is 12.8. The van der Waals surface area contributed by atoms with Crippen molar-refractivity contribution in [3.8, 4) is 5.88 Å². The lowest BCUT2D eigenvalue weighted by molar-refractivity contribution is 0.390. The molecule has 2 N–H and O–H groups in total. The van der Waals surface area contributed by atoms with Gasteiger partial charge in [-0.3, -0.25) is 9.78 Å². The number of hydrogen-bond donors (Lipinski definition) is 2. The molecule has 6 nitrogen and oxygen atoms in total. The Labute approximate surface area is 70.7 Å². The van der Waals surface area contributed by atoms with Crippen LogP contribution in [0, 0.1) is 12.7 Å². The zero-order chi connectivity index (χ0) is 9.59. The predicted molar refractivity (Wildman–Crippen MR) is 40.0 cm³/mol. The molecule has 0 aliphatic carbocycles. The van der Waals surface area contributed by atoms with E-state index in [1.165, 1.54) is 0 Å². The molecular weight excluding hydrogens is 179 g/mol. The van der Waals surface area contributed by atoms with Gasteiger partial charge < -0.3 is 5.11 Å². The molecule has 0 aromatic carbocycles. The third kappa shape index (κ3) is 0.968. The molecule has 0 aliphatic rings. The highest BCUT2D eigenvalue weighted by Gasteiger charge is 2.13. The number of hydrogen-bond acceptors (Lipinski definition) is 4. The Hall–Kier alpha value is -1.92. The van der Waals surface area contributed by atoms with Crippen molar-refractivity contribution in [3.05, 3.63) is 22.0 Å². The van der Waals surface area contributed by atoms with Gasteiger partial charge >= 0.3 is 0 Å². The van der Waals surface area contributed by atoms with E-state index in [-0.39, 0.29) is 5.78 Å². The van der Waals surface area contributed by atoms with Crippen LogP contribution in [-0.4, -0.2) is 24.7 Å². The summed E-state index contributed by atoms with van der Waals surface area (Å²) in [4.78, 5) is 16.7. The summed E-state index contributed by atoms with van der Waals surface area (Å²) in [6, 6.07) is 0. The van der Waals surface area contributed by atoms with Crippen molar-refractivity contribution < 1.29 is 9.50 Å². The molecule has 0 atom stereocenters. The highest BCUT2D eigenvalue weighted by molar-refractivity contribution is 5.31. The van der Waals surface area contributed by atoms with Gasteiger partial charge in [0.1, 0.15) is 5.82 Å². The second kappa shape index (κ2) is 2.28. The summed E-state index contributed by atoms with van der Waals surface area (Å²) >= 11 is 0. The highest BCUT2D eigenvalue weighted by Crippen LogP contribution is 2.10. The van der Waals surface area contributed by atoms with E-state index in [2.05, 4.69) is 15.1 Å². The minimum absolute atomic E-state index is 0.0152. The number of H-pyrrole nitrogens is 1. The molecule has 2 rings (SSSR count). The zero-order valence-corrected chi connectivity index (χ0v) is 6.58. The summed E-state index contributed by atoms with van der Waals surface area (Å²) in [7, 11) is 0. The summed E-state index contributed by atoms with van der Waals surface area (Å²) in [6.07, 6.45) is 0. The van der Waals surface area contributed by atoms with Crippen molar-refractivity contribution in [1.82, 2.24) is 19.6 Å². The van der Waals surface area contributed by atoms with Gasteiger partial charge in [-0.15, -0.1) is 5.10 Å². The third-order valence-corrected chi connectivity index (χ3v) is 1.53. The number of nitrogens with one attached hydrogen (secondary N) is 1. The van der Waals surface area contributed by atoms with Crippen molar-refractivity contribution in [3.63, 3.8) is 0 Å². The van der Waals surface area contributed by atoms with Crippen LogP contribution < -0.4 is 5.56 Å². The standard InChI is InChI=1S/C6H5FN4O2/c1-2-8-6-9-4(12)3(7)5(13)11(6)10-2/h13H,1H3,(H,8,9,10,12). The molecule has 0 saturated heterocycles. The van der Waals surface area contributed by atoms with Gasteiger partial charge in [-0.2, -0.15) is 13.9 Å². The number of aromatic amines is 1. The second-order valence-electron chi connectivity index (χ2n) is 2.49. The largest absolute Gasteiger partial charge is 0.491 e. The fourth-order valence-electron chi connectivity index (χ4n) is 0.995. The Morgan fingerprint density at radius 2 is 2.31 bits per heavy atom. The fraction of sp³-hybridized carbons (Fsp3) is 0.167. The van der Waals surface area contributed by atoms with Crippen molar-refractivity contribution in [2.24, 2.45) is 0 Å². The summed E-state index contributed by atoms with van der Waals surface area (Å²) in [6.45, 7) is 1.56. The minimum Gasteiger partial charge on any atom is -0.491 e. The van der Waals surface area contributed by atoms with E-state index < -0.39 is 17.3 Å². The Balaban J connectivity index is 3.01. The average Bonchev–Trinajstić information content (AvgIpc) is 2.42. The average molecular weight is 184 g/mol. The Kier molecular flexibility index (Phi) is 1.35. The van der Waals surface area contributed by atoms with Gasteiger partial charge in [0, 0.05) is 0 Å². The van der Waals surface area contributed by atoms with E-state index in [1.807, 2.05) is 0 Å². The molecule has 0 saturated carbocycles. The number of aryl methyl sites for hydroxylation is 1. The summed E-state index contributed by atoms with van der Waals surface area (Å²) in [5.74, 6) is -1.75. The van der Waals surface area contributed by atoms with E-state index in [0.717, 1.165) is 4.52 Å². The van der Waals surface area contributed by atoms with Crippen molar-refractivity contribution >= 4 is 5.78 Å². The Bertz CT molecular complexity index is 529. The highest BCUT2D eigenvalue weighted by atomic mass is 19.1. The first-order valence-corrected chi connectivity index (χ1v) is 3.43. The topological polar surface area (TPSA) is 83.3 Å². The zero-order valence-electron chi connectivity index (χ0n) is 6.58. The van der Waals surface area contributed by atoms with Crippen LogP contribution in [0.4, 0.5) is 4.39 Å². The number of rotatable bonds is 0. The summed E-state index contributed by atoms with van der Waals surface area (Å²) < 4.78 is 13.6. The number of halogens is 1. The summed E-state index contributed by atoms with van der Waals surface area (Å²) in [5, 5.41) is 12.8. The number of fused-ring (bicyclic) bond motifs is 1. The Morgan fingerprint density at radius 1 is 1.62 bits per heavy atom. The Morgan fingerprint density at radius 3 is 3.00 bits per heavy atom. The van der Waals surface area contributed by atoms with Gasteiger partial charge in [0.15, 0.2) is 0 Å². The first-order chi connectivity index (χ1) is 6.09. The predicted octanol–water partition coefficient (Wildman–Crippen LogP) is -0.429. The molecule has 0 aliphatic heterocycles. The SMILES string of the molecule is Cc1nc2[nH]c(=O)c(F)c(O)n2n1. The quantitative estimate of drug-likeness (QED) is 0.582. The van der Waals surface area contributed by atoms with E-state index in [4.69, 9.17) is 5.11 Å². The van der Waals surface area contributed by atoms with Gasteiger partial charge in [0.25, 0.3) is 11.4 Å². The molecule has 2 heterocycles. The smallest absolute Gasteiger partial charge is 0.292 e. The van der Waals surface area contributed by atoms with E-state index in [1.54, 1.807) is 6.92 Å². The van der Waals surface area contributed by atoms with Crippen LogP contribution in [0.1, 0.15) is 5.82 Å². The van der Waals surface area contributed by atoms with Gasteiger partial charge in [-0.05, 0) is 6.92 Å². The van der Waals surface area contributed by atoms with Gasteiger partial charge in [0.2, 0.25) is 11.6 Å². The molecule has 0 spiro atoms. The maximum atomic E-state index is 12.8. The van der Waals surface area contributed by atoms with Crippen LogP contribution in [-0.2, 0) is 0 Å². The van der Waals surface area contributed by atoms with E-state index >= 15 is 0 Å². The van der Waals surface area contributed by atoms with Crippen molar-refractivity contribution in [2.45, 2.75) is 6.92 Å². The lowest BCUT2D eigenvalue weighted by Crippen LogP contribution is -2.13. The normalized spacial score (nSPS) is 10.9. The number of nitrogens with zero attached hydrogens (tertiary/aromatic N) is 3. The molecule has 0 bridgehead atoms. The van der Waals surface area contributed by atoms with Gasteiger partial charge in [0.05, 0.1) is 0 Å². The number of aromatic nitrogens is 4. The van der Waals surface area contributed by atoms with Gasteiger partial charge in [-0.25, -0.2) is 0 Å².